The van der Waals surface area contributed by atoms with Gasteiger partial charge in [-0.25, -0.2) is 26.3 Å². The van der Waals surface area contributed by atoms with Crippen LogP contribution >= 0.6 is 0 Å². The number of nitrogens with one attached hydrogen (secondary N) is 2. The van der Waals surface area contributed by atoms with Crippen LogP contribution in [0.25, 0.3) is 0 Å². The van der Waals surface area contributed by atoms with E-state index in [4.69, 9.17) is 4.74 Å². The zero-order valence-corrected chi connectivity index (χ0v) is 13.5. The maximum Gasteiger partial charge on any atom is 0.243 e. The van der Waals surface area contributed by atoms with Gasteiger partial charge in [0.1, 0.15) is 10.7 Å². The molecule has 1 saturated heterocycles. The predicted molar refractivity (Wildman–Crippen MR) is 77.9 cm³/mol. The summed E-state index contributed by atoms with van der Waals surface area (Å²) in [7, 11) is -2.77. The lowest BCUT2D eigenvalue weighted by atomic mass is 9.80. The molecular formula is C14H19F3N2O3S. The van der Waals surface area contributed by atoms with Gasteiger partial charge in [-0.3, -0.25) is 0 Å². The Labute approximate surface area is 133 Å². The minimum atomic E-state index is -4.29. The van der Waals surface area contributed by atoms with E-state index in [0.717, 1.165) is 0 Å². The van der Waals surface area contributed by atoms with Crippen LogP contribution in [0.15, 0.2) is 17.0 Å². The summed E-state index contributed by atoms with van der Waals surface area (Å²) in [5.74, 6) is -4.18. The quantitative estimate of drug-likeness (QED) is 0.760. The topological polar surface area (TPSA) is 67.4 Å². The Morgan fingerprint density at radius 3 is 2.39 bits per heavy atom. The Kier molecular flexibility index (Phi) is 5.66. The fraction of sp³-hybridized carbons (Fsp3) is 0.571. The normalized spacial score (nSPS) is 18.1. The molecule has 0 aliphatic carbocycles. The van der Waals surface area contributed by atoms with Gasteiger partial charge in [0, 0.05) is 25.1 Å². The van der Waals surface area contributed by atoms with Gasteiger partial charge < -0.3 is 10.1 Å². The highest BCUT2D eigenvalue weighted by molar-refractivity contribution is 7.89. The van der Waals surface area contributed by atoms with Crippen molar-refractivity contribution in [1.29, 1.82) is 0 Å². The van der Waals surface area contributed by atoms with E-state index in [1.165, 1.54) is 7.11 Å². The third-order valence-corrected chi connectivity index (χ3v) is 5.43. The first-order chi connectivity index (χ1) is 10.8. The molecule has 23 heavy (non-hydrogen) atoms. The first kappa shape index (κ1) is 18.2. The third kappa shape index (κ3) is 4.23. The van der Waals surface area contributed by atoms with Gasteiger partial charge >= 0.3 is 0 Å². The van der Waals surface area contributed by atoms with Gasteiger partial charge in [0.15, 0.2) is 11.6 Å². The Morgan fingerprint density at radius 1 is 1.17 bits per heavy atom. The van der Waals surface area contributed by atoms with Crippen molar-refractivity contribution in [3.05, 3.63) is 29.6 Å². The second-order valence-electron chi connectivity index (χ2n) is 5.70. The molecule has 1 heterocycles. The second kappa shape index (κ2) is 7.16. The summed E-state index contributed by atoms with van der Waals surface area (Å²) in [5, 5.41) is 3.17. The summed E-state index contributed by atoms with van der Waals surface area (Å²) < 4.78 is 71.7. The molecule has 1 aliphatic heterocycles. The molecule has 0 amide bonds. The average Bonchev–Trinajstić information content (AvgIpc) is 2.50. The fourth-order valence-corrected chi connectivity index (χ4v) is 3.90. The smallest absolute Gasteiger partial charge is 0.243 e. The number of rotatable bonds is 6. The standard InChI is InChI=1S/C14H19F3N2O3S/c1-22-9-14(2-4-18-5-3-14)8-19-23(20,21)13-7-11(16)10(15)6-12(13)17/h6-7,18-19H,2-5,8-9H2,1H3. The summed E-state index contributed by atoms with van der Waals surface area (Å²) in [6, 6.07) is 0.567. The summed E-state index contributed by atoms with van der Waals surface area (Å²) in [6.07, 6.45) is 1.37. The van der Waals surface area contributed by atoms with Gasteiger partial charge in [-0.15, -0.1) is 0 Å². The fourth-order valence-electron chi connectivity index (χ4n) is 2.67. The van der Waals surface area contributed by atoms with E-state index >= 15 is 0 Å². The van der Waals surface area contributed by atoms with Gasteiger partial charge in [0.25, 0.3) is 0 Å². The Hall–Kier alpha value is -1.16. The molecule has 0 saturated carbocycles. The van der Waals surface area contributed by atoms with Crippen molar-refractivity contribution in [2.75, 3.05) is 33.4 Å². The lowest BCUT2D eigenvalue weighted by Gasteiger charge is -2.37. The van der Waals surface area contributed by atoms with Crippen molar-refractivity contribution in [2.24, 2.45) is 5.41 Å². The molecule has 2 N–H and O–H groups in total. The van der Waals surface area contributed by atoms with Gasteiger partial charge in [0.2, 0.25) is 10.0 Å². The number of benzene rings is 1. The number of halogens is 3. The third-order valence-electron chi connectivity index (χ3n) is 4.02. The molecule has 0 atom stereocenters. The average molecular weight is 352 g/mol. The number of ether oxygens (including phenoxy) is 1. The van der Waals surface area contributed by atoms with E-state index in [0.29, 0.717) is 38.6 Å². The summed E-state index contributed by atoms with van der Waals surface area (Å²) >= 11 is 0. The molecule has 1 aliphatic rings. The summed E-state index contributed by atoms with van der Waals surface area (Å²) in [4.78, 5) is -0.905. The maximum atomic E-state index is 13.7. The molecule has 9 heteroatoms. The number of methoxy groups -OCH3 is 1. The highest BCUT2D eigenvalue weighted by atomic mass is 32.2. The van der Waals surface area contributed by atoms with Gasteiger partial charge in [-0.05, 0) is 32.0 Å². The largest absolute Gasteiger partial charge is 0.384 e. The Bertz CT molecular complexity index is 656. The molecular weight excluding hydrogens is 333 g/mol. The van der Waals surface area contributed by atoms with E-state index < -0.39 is 37.8 Å². The van der Waals surface area contributed by atoms with Crippen LogP contribution in [0, 0.1) is 22.9 Å². The minimum Gasteiger partial charge on any atom is -0.384 e. The molecule has 130 valence electrons. The van der Waals surface area contributed by atoms with Crippen LogP contribution < -0.4 is 10.0 Å². The van der Waals surface area contributed by atoms with Crippen molar-refractivity contribution < 1.29 is 26.3 Å². The van der Waals surface area contributed by atoms with Crippen LogP contribution in [0.5, 0.6) is 0 Å². The molecule has 2 rings (SSSR count). The predicted octanol–water partition coefficient (Wildman–Crippen LogP) is 1.40. The van der Waals surface area contributed by atoms with Crippen LogP contribution in [0.2, 0.25) is 0 Å². The number of hydrogen-bond acceptors (Lipinski definition) is 4. The molecule has 0 aromatic heterocycles. The first-order valence-corrected chi connectivity index (χ1v) is 8.62. The van der Waals surface area contributed by atoms with Crippen molar-refractivity contribution in [3.8, 4) is 0 Å². The molecule has 0 unspecified atom stereocenters. The number of piperidine rings is 1. The van der Waals surface area contributed by atoms with Gasteiger partial charge in [-0.2, -0.15) is 0 Å². The second-order valence-corrected chi connectivity index (χ2v) is 7.44. The summed E-state index contributed by atoms with van der Waals surface area (Å²) in [6.45, 7) is 1.80. The van der Waals surface area contributed by atoms with Crippen molar-refractivity contribution in [3.63, 3.8) is 0 Å². The number of sulfonamides is 1. The molecule has 1 fully saturated rings. The zero-order chi connectivity index (χ0) is 17.1. The highest BCUT2D eigenvalue weighted by Crippen LogP contribution is 2.29. The molecule has 5 nitrogen and oxygen atoms in total. The molecule has 0 spiro atoms. The van der Waals surface area contributed by atoms with Crippen molar-refractivity contribution in [2.45, 2.75) is 17.7 Å². The number of hydrogen-bond donors (Lipinski definition) is 2. The lowest BCUT2D eigenvalue weighted by Crippen LogP contribution is -2.47. The van der Waals surface area contributed by atoms with Gasteiger partial charge in [0.05, 0.1) is 6.61 Å². The van der Waals surface area contributed by atoms with Gasteiger partial charge in [-0.1, -0.05) is 0 Å². The Morgan fingerprint density at radius 2 is 1.78 bits per heavy atom. The van der Waals surface area contributed by atoms with Crippen LogP contribution in [0.3, 0.4) is 0 Å². The zero-order valence-electron chi connectivity index (χ0n) is 12.7. The van der Waals surface area contributed by atoms with E-state index in [9.17, 15) is 21.6 Å². The van der Waals surface area contributed by atoms with Crippen LogP contribution in [0.4, 0.5) is 13.2 Å². The molecule has 0 bridgehead atoms. The monoisotopic (exact) mass is 352 g/mol. The van der Waals surface area contributed by atoms with E-state index in [-0.39, 0.29) is 12.6 Å². The first-order valence-electron chi connectivity index (χ1n) is 7.14. The lowest BCUT2D eigenvalue weighted by molar-refractivity contribution is 0.0577. The van der Waals surface area contributed by atoms with Crippen LogP contribution in [-0.4, -0.2) is 41.8 Å². The minimum absolute atomic E-state index is 0.0310. The van der Waals surface area contributed by atoms with Crippen molar-refractivity contribution >= 4 is 10.0 Å². The van der Waals surface area contributed by atoms with Crippen molar-refractivity contribution in [1.82, 2.24) is 10.0 Å². The molecule has 1 aromatic carbocycles. The maximum absolute atomic E-state index is 13.7. The van der Waals surface area contributed by atoms with Crippen LogP contribution in [-0.2, 0) is 14.8 Å². The summed E-state index contributed by atoms with van der Waals surface area (Å²) in [5.41, 5.74) is -0.415. The van der Waals surface area contributed by atoms with Crippen LogP contribution in [0.1, 0.15) is 12.8 Å². The molecule has 0 radical (unpaired) electrons. The molecule has 1 aromatic rings. The van der Waals surface area contributed by atoms with E-state index in [1.807, 2.05) is 0 Å². The Balaban J connectivity index is 2.19. The highest BCUT2D eigenvalue weighted by Gasteiger charge is 2.34. The van der Waals surface area contributed by atoms with E-state index in [2.05, 4.69) is 10.0 Å². The SMILES string of the molecule is COCC1(CNS(=O)(=O)c2cc(F)c(F)cc2F)CCNCC1. The van der Waals surface area contributed by atoms with E-state index in [1.54, 1.807) is 0 Å².